The van der Waals surface area contributed by atoms with Crippen molar-refractivity contribution >= 4 is 19.9 Å². The molecule has 0 saturated carbocycles. The summed E-state index contributed by atoms with van der Waals surface area (Å²) in [7, 11) is -2.33. The average molecular weight is 298 g/mol. The Morgan fingerprint density at radius 2 is 2.30 bits per heavy atom. The van der Waals surface area contributed by atoms with Gasteiger partial charge in [0.1, 0.15) is 17.9 Å². The minimum atomic E-state index is -2.33. The fraction of sp³-hybridized carbons (Fsp3) is 0.455. The number of anilines is 1. The summed E-state index contributed by atoms with van der Waals surface area (Å²) in [5.41, 5.74) is 7.45. The molecule has 2 unspecified atom stereocenters. The Bertz CT molecular complexity index is 605. The van der Waals surface area contributed by atoms with Crippen LogP contribution in [0.5, 0.6) is 0 Å². The third-order valence-corrected chi connectivity index (χ3v) is 3.70. The van der Waals surface area contributed by atoms with E-state index in [9.17, 15) is 0 Å². The summed E-state index contributed by atoms with van der Waals surface area (Å²) in [6.07, 6.45) is 2.77. The van der Waals surface area contributed by atoms with Crippen LogP contribution in [-0.2, 0) is 9.26 Å². The maximum Gasteiger partial charge on any atom is 0.327 e. The second-order valence-corrected chi connectivity index (χ2v) is 5.34. The zero-order valence-corrected chi connectivity index (χ0v) is 11.5. The van der Waals surface area contributed by atoms with E-state index in [2.05, 4.69) is 10.1 Å². The van der Waals surface area contributed by atoms with Crippen molar-refractivity contribution in [1.82, 2.24) is 14.6 Å². The van der Waals surface area contributed by atoms with Gasteiger partial charge in [-0.15, -0.1) is 0 Å². The molecule has 1 saturated heterocycles. The van der Waals surface area contributed by atoms with Gasteiger partial charge in [-0.05, 0) is 25.0 Å². The van der Waals surface area contributed by atoms with Gasteiger partial charge in [0.2, 0.25) is 0 Å². The van der Waals surface area contributed by atoms with E-state index in [1.54, 1.807) is 4.52 Å². The van der Waals surface area contributed by atoms with Crippen LogP contribution in [0.3, 0.4) is 0 Å². The van der Waals surface area contributed by atoms with E-state index in [1.165, 1.54) is 6.33 Å². The second-order valence-electron chi connectivity index (χ2n) is 4.57. The number of rotatable bonds is 4. The van der Waals surface area contributed by atoms with Gasteiger partial charge in [0.05, 0.1) is 18.4 Å². The molecule has 3 heterocycles. The van der Waals surface area contributed by atoms with Gasteiger partial charge in [-0.2, -0.15) is 5.10 Å². The van der Waals surface area contributed by atoms with Crippen molar-refractivity contribution in [3.05, 3.63) is 24.2 Å². The van der Waals surface area contributed by atoms with Gasteiger partial charge < -0.3 is 24.8 Å². The largest absolute Gasteiger partial charge is 0.382 e. The van der Waals surface area contributed by atoms with Crippen LogP contribution in [0.15, 0.2) is 18.5 Å². The highest BCUT2D eigenvalue weighted by molar-refractivity contribution is 7.39. The topological polar surface area (TPSA) is 115 Å². The van der Waals surface area contributed by atoms with Crippen LogP contribution in [0, 0.1) is 0 Å². The minimum absolute atomic E-state index is 0.107. The van der Waals surface area contributed by atoms with Gasteiger partial charge in [0.15, 0.2) is 5.82 Å². The fourth-order valence-electron chi connectivity index (χ4n) is 2.41. The third-order valence-electron chi connectivity index (χ3n) is 3.32. The second kappa shape index (κ2) is 5.59. The van der Waals surface area contributed by atoms with Crippen LogP contribution in [0.1, 0.15) is 24.6 Å². The van der Waals surface area contributed by atoms with Crippen molar-refractivity contribution < 1.29 is 19.0 Å². The number of aromatic nitrogens is 3. The molecule has 2 atom stereocenters. The smallest absolute Gasteiger partial charge is 0.327 e. The molecule has 1 aliphatic heterocycles. The molecule has 0 aromatic carbocycles. The van der Waals surface area contributed by atoms with Crippen LogP contribution in [-0.4, -0.2) is 37.1 Å². The summed E-state index contributed by atoms with van der Waals surface area (Å²) in [6.45, 7) is 0.176. The molecule has 2 aromatic heterocycles. The SMILES string of the molecule is Nc1ncnn2c(C3CCC(COP(O)O)O3)ccc12. The molecule has 0 radical (unpaired) electrons. The van der Waals surface area contributed by atoms with Gasteiger partial charge >= 0.3 is 8.60 Å². The molecular formula is C11H15N4O4P. The molecule has 0 spiro atoms. The monoisotopic (exact) mass is 298 g/mol. The van der Waals surface area contributed by atoms with E-state index in [4.69, 9.17) is 24.8 Å². The molecule has 1 aliphatic rings. The molecule has 0 aliphatic carbocycles. The maximum absolute atomic E-state index is 8.74. The molecule has 9 heteroatoms. The Morgan fingerprint density at radius 3 is 3.10 bits per heavy atom. The molecule has 2 aromatic rings. The van der Waals surface area contributed by atoms with Gasteiger partial charge in [0.25, 0.3) is 0 Å². The molecule has 1 fully saturated rings. The molecule has 4 N–H and O–H groups in total. The van der Waals surface area contributed by atoms with Crippen LogP contribution in [0.25, 0.3) is 5.52 Å². The Morgan fingerprint density at radius 1 is 1.45 bits per heavy atom. The molecule has 20 heavy (non-hydrogen) atoms. The van der Waals surface area contributed by atoms with Gasteiger partial charge in [0, 0.05) is 0 Å². The van der Waals surface area contributed by atoms with Gasteiger partial charge in [-0.3, -0.25) is 0 Å². The highest BCUT2D eigenvalue weighted by Crippen LogP contribution is 2.35. The number of ether oxygens (including phenoxy) is 1. The normalized spacial score (nSPS) is 22.9. The van der Waals surface area contributed by atoms with Gasteiger partial charge in [-0.1, -0.05) is 0 Å². The quantitative estimate of drug-likeness (QED) is 0.714. The van der Waals surface area contributed by atoms with E-state index in [0.29, 0.717) is 5.82 Å². The Balaban J connectivity index is 1.75. The van der Waals surface area contributed by atoms with Crippen LogP contribution in [0.4, 0.5) is 5.82 Å². The van der Waals surface area contributed by atoms with Crippen molar-refractivity contribution in [1.29, 1.82) is 0 Å². The summed E-state index contributed by atoms with van der Waals surface area (Å²) in [5.74, 6) is 0.426. The van der Waals surface area contributed by atoms with Crippen molar-refractivity contribution in [2.45, 2.75) is 25.0 Å². The van der Waals surface area contributed by atoms with Crippen molar-refractivity contribution in [2.75, 3.05) is 12.3 Å². The van der Waals surface area contributed by atoms with Crippen LogP contribution in [0.2, 0.25) is 0 Å². The molecule has 8 nitrogen and oxygen atoms in total. The zero-order chi connectivity index (χ0) is 14.1. The first-order valence-corrected chi connectivity index (χ1v) is 7.36. The molecule has 3 rings (SSSR count). The van der Waals surface area contributed by atoms with E-state index in [1.807, 2.05) is 12.1 Å². The minimum Gasteiger partial charge on any atom is -0.382 e. The molecule has 0 amide bonds. The Kier molecular flexibility index (Phi) is 3.82. The van der Waals surface area contributed by atoms with Crippen LogP contribution < -0.4 is 5.73 Å². The summed E-state index contributed by atoms with van der Waals surface area (Å²) in [5, 5.41) is 4.18. The standard InChI is InChI=1S/C11H15N4O4P/c12-11-9-3-2-8(15(9)14-6-13-11)10-4-1-7(19-10)5-18-20(16)17/h2-3,6-7,10,16-17H,1,4-5H2,(H2,12,13,14). The van der Waals surface area contributed by atoms with E-state index >= 15 is 0 Å². The lowest BCUT2D eigenvalue weighted by Crippen LogP contribution is -2.14. The predicted molar refractivity (Wildman–Crippen MR) is 71.6 cm³/mol. The Labute approximate surface area is 116 Å². The maximum atomic E-state index is 8.74. The van der Waals surface area contributed by atoms with E-state index < -0.39 is 8.60 Å². The zero-order valence-electron chi connectivity index (χ0n) is 10.6. The number of nitrogen functional groups attached to an aromatic ring is 1. The number of nitrogens with zero attached hydrogens (tertiary/aromatic N) is 3. The lowest BCUT2D eigenvalue weighted by atomic mass is 10.1. The summed E-state index contributed by atoms with van der Waals surface area (Å²) >= 11 is 0. The molecule has 0 bridgehead atoms. The predicted octanol–water partition coefficient (Wildman–Crippen LogP) is 0.760. The highest BCUT2D eigenvalue weighted by Gasteiger charge is 2.29. The van der Waals surface area contributed by atoms with Crippen LogP contribution >= 0.6 is 8.60 Å². The number of hydrogen-bond donors (Lipinski definition) is 3. The number of hydrogen-bond acceptors (Lipinski definition) is 7. The summed E-state index contributed by atoms with van der Waals surface area (Å²) < 4.78 is 12.4. The number of nitrogens with two attached hydrogens (primary N) is 1. The first-order valence-electron chi connectivity index (χ1n) is 6.19. The van der Waals surface area contributed by atoms with Gasteiger partial charge in [-0.25, -0.2) is 9.50 Å². The summed E-state index contributed by atoms with van der Waals surface area (Å²) in [4.78, 5) is 21.4. The highest BCUT2D eigenvalue weighted by atomic mass is 31.2. The summed E-state index contributed by atoms with van der Waals surface area (Å²) in [6, 6.07) is 3.78. The number of fused-ring (bicyclic) bond motifs is 1. The first kappa shape index (κ1) is 13.7. The van der Waals surface area contributed by atoms with Crippen molar-refractivity contribution in [2.24, 2.45) is 0 Å². The lowest BCUT2D eigenvalue weighted by molar-refractivity contribution is 0.0121. The lowest BCUT2D eigenvalue weighted by Gasteiger charge is -2.14. The van der Waals surface area contributed by atoms with Crippen molar-refractivity contribution in [3.8, 4) is 0 Å². The molecule has 108 valence electrons. The van der Waals surface area contributed by atoms with Crippen molar-refractivity contribution in [3.63, 3.8) is 0 Å². The molecular weight excluding hydrogens is 283 g/mol. The third kappa shape index (κ3) is 2.61. The van der Waals surface area contributed by atoms with E-state index in [-0.39, 0.29) is 18.8 Å². The van der Waals surface area contributed by atoms with E-state index in [0.717, 1.165) is 24.1 Å². The fourth-order valence-corrected chi connectivity index (χ4v) is 2.71. The first-order chi connectivity index (χ1) is 9.65. The Hall–Kier alpha value is -1.31. The average Bonchev–Trinajstić information content (AvgIpc) is 3.02.